The van der Waals surface area contributed by atoms with Gasteiger partial charge < -0.3 is 4.42 Å². The highest BCUT2D eigenvalue weighted by Gasteiger charge is 2.33. The van der Waals surface area contributed by atoms with E-state index in [1.165, 1.54) is 5.56 Å². The molecule has 30 heavy (non-hydrogen) atoms. The van der Waals surface area contributed by atoms with E-state index in [0.717, 1.165) is 54.4 Å². The maximum atomic E-state index is 12.9. The number of hydrogen-bond donors (Lipinski definition) is 1. The summed E-state index contributed by atoms with van der Waals surface area (Å²) < 4.78 is 34.6. The molecule has 1 N–H and O–H groups in total. The van der Waals surface area contributed by atoms with Crippen LogP contribution < -0.4 is 4.72 Å². The van der Waals surface area contributed by atoms with E-state index in [2.05, 4.69) is 32.4 Å². The lowest BCUT2D eigenvalue weighted by Crippen LogP contribution is -2.28. The van der Waals surface area contributed by atoms with Gasteiger partial charge in [0.2, 0.25) is 0 Å². The van der Waals surface area contributed by atoms with Gasteiger partial charge in [-0.25, -0.2) is 8.42 Å². The fraction of sp³-hybridized carbons (Fsp3) is 0.440. The first kappa shape index (κ1) is 21.0. The van der Waals surface area contributed by atoms with E-state index in [-0.39, 0.29) is 10.3 Å². The Bertz CT molecular complexity index is 1160. The molecule has 1 aliphatic rings. The van der Waals surface area contributed by atoms with Crippen LogP contribution in [0.3, 0.4) is 0 Å². The van der Waals surface area contributed by atoms with E-state index in [1.54, 1.807) is 18.2 Å². The maximum absolute atomic E-state index is 12.9. The SMILES string of the molecule is CCc1ccc(S(=O)(=O)Nc2ccc3oc4c(c3c2)C[C@H](C(C)(C)CC)CC4)cc1. The van der Waals surface area contributed by atoms with Crippen molar-refractivity contribution in [1.82, 2.24) is 0 Å². The smallest absolute Gasteiger partial charge is 0.261 e. The molecule has 1 atom stereocenters. The molecule has 0 amide bonds. The summed E-state index contributed by atoms with van der Waals surface area (Å²) in [5, 5.41) is 1.03. The van der Waals surface area contributed by atoms with Gasteiger partial charge in [0.1, 0.15) is 11.3 Å². The number of rotatable bonds is 6. The Morgan fingerprint density at radius 3 is 2.50 bits per heavy atom. The van der Waals surface area contributed by atoms with Gasteiger partial charge in [-0.15, -0.1) is 0 Å². The molecule has 0 aliphatic heterocycles. The van der Waals surface area contributed by atoms with Crippen LogP contribution in [0.15, 0.2) is 51.8 Å². The number of nitrogens with one attached hydrogen (secondary N) is 1. The van der Waals surface area contributed by atoms with E-state index < -0.39 is 10.0 Å². The molecule has 0 fully saturated rings. The summed E-state index contributed by atoms with van der Waals surface area (Å²) in [4.78, 5) is 0.277. The van der Waals surface area contributed by atoms with Gasteiger partial charge in [-0.2, -0.15) is 0 Å². The zero-order chi connectivity index (χ0) is 21.5. The molecule has 0 unspecified atom stereocenters. The predicted molar refractivity (Wildman–Crippen MR) is 122 cm³/mol. The second-order valence-electron chi connectivity index (χ2n) is 9.10. The average Bonchev–Trinajstić information content (AvgIpc) is 3.10. The van der Waals surface area contributed by atoms with Crippen molar-refractivity contribution in [1.29, 1.82) is 0 Å². The van der Waals surface area contributed by atoms with Crippen LogP contribution in [0.2, 0.25) is 0 Å². The largest absolute Gasteiger partial charge is 0.461 e. The highest BCUT2D eigenvalue weighted by atomic mass is 32.2. The average molecular weight is 426 g/mol. The number of benzene rings is 2. The lowest BCUT2D eigenvalue weighted by molar-refractivity contribution is 0.179. The second-order valence-corrected chi connectivity index (χ2v) is 10.8. The third-order valence-corrected chi connectivity index (χ3v) is 8.35. The van der Waals surface area contributed by atoms with Gasteiger partial charge in [0, 0.05) is 23.1 Å². The molecule has 5 heteroatoms. The van der Waals surface area contributed by atoms with Crippen LogP contribution in [0.1, 0.15) is 57.4 Å². The van der Waals surface area contributed by atoms with Crippen molar-refractivity contribution in [3.63, 3.8) is 0 Å². The molecule has 1 aliphatic carbocycles. The molecule has 1 heterocycles. The molecular weight excluding hydrogens is 394 g/mol. The molecule has 0 radical (unpaired) electrons. The first-order valence-electron chi connectivity index (χ1n) is 10.9. The zero-order valence-corrected chi connectivity index (χ0v) is 19.1. The van der Waals surface area contributed by atoms with E-state index in [0.29, 0.717) is 11.6 Å². The molecule has 0 bridgehead atoms. The van der Waals surface area contributed by atoms with Gasteiger partial charge in [0.05, 0.1) is 4.90 Å². The highest BCUT2D eigenvalue weighted by molar-refractivity contribution is 7.92. The van der Waals surface area contributed by atoms with Crippen LogP contribution in [-0.4, -0.2) is 8.42 Å². The number of fused-ring (bicyclic) bond motifs is 3. The second kappa shape index (κ2) is 7.77. The summed E-state index contributed by atoms with van der Waals surface area (Å²) in [7, 11) is -3.63. The van der Waals surface area contributed by atoms with Crippen molar-refractivity contribution >= 4 is 26.7 Å². The van der Waals surface area contributed by atoms with E-state index in [1.807, 2.05) is 24.3 Å². The van der Waals surface area contributed by atoms with E-state index in [9.17, 15) is 8.42 Å². The standard InChI is InChI=1S/C25H31NO3S/c1-5-17-7-11-20(12-8-17)30(27,28)26-19-10-14-24-22(16-19)21-15-18(25(3,4)6-2)9-13-23(21)29-24/h7-8,10-12,14,16,18,26H,5-6,9,13,15H2,1-4H3/t18-/m1/s1. The third kappa shape index (κ3) is 3.87. The molecule has 2 aromatic carbocycles. The monoisotopic (exact) mass is 425 g/mol. The van der Waals surface area contributed by atoms with Crippen LogP contribution in [0, 0.1) is 11.3 Å². The van der Waals surface area contributed by atoms with Crippen molar-refractivity contribution in [2.24, 2.45) is 11.3 Å². The minimum atomic E-state index is -3.63. The lowest BCUT2D eigenvalue weighted by atomic mass is 9.69. The quantitative estimate of drug-likeness (QED) is 0.501. The molecule has 3 aromatic rings. The first-order chi connectivity index (χ1) is 14.2. The Morgan fingerprint density at radius 1 is 1.10 bits per heavy atom. The van der Waals surface area contributed by atoms with Crippen LogP contribution in [0.4, 0.5) is 5.69 Å². The number of aryl methyl sites for hydroxylation is 2. The van der Waals surface area contributed by atoms with Crippen LogP contribution in [-0.2, 0) is 29.3 Å². The molecule has 4 rings (SSSR count). The maximum Gasteiger partial charge on any atom is 0.261 e. The summed E-state index contributed by atoms with van der Waals surface area (Å²) in [6.45, 7) is 8.99. The number of furan rings is 1. The third-order valence-electron chi connectivity index (χ3n) is 6.96. The minimum Gasteiger partial charge on any atom is -0.461 e. The summed E-state index contributed by atoms with van der Waals surface area (Å²) in [5.74, 6) is 1.66. The van der Waals surface area contributed by atoms with Crippen LogP contribution in [0.25, 0.3) is 11.0 Å². The van der Waals surface area contributed by atoms with Gasteiger partial charge in [-0.3, -0.25) is 4.72 Å². The fourth-order valence-corrected chi connectivity index (χ4v) is 5.47. The highest BCUT2D eigenvalue weighted by Crippen LogP contribution is 2.43. The Balaban J connectivity index is 1.64. The van der Waals surface area contributed by atoms with Crippen LogP contribution in [0.5, 0.6) is 0 Å². The number of anilines is 1. The van der Waals surface area contributed by atoms with Crippen molar-refractivity contribution in [3.05, 3.63) is 59.4 Å². The fourth-order valence-electron chi connectivity index (χ4n) is 4.42. The van der Waals surface area contributed by atoms with Crippen molar-refractivity contribution in [3.8, 4) is 0 Å². The van der Waals surface area contributed by atoms with Crippen molar-refractivity contribution in [2.75, 3.05) is 4.72 Å². The molecule has 0 saturated carbocycles. The van der Waals surface area contributed by atoms with E-state index in [4.69, 9.17) is 4.42 Å². The first-order valence-corrected chi connectivity index (χ1v) is 12.4. The summed E-state index contributed by atoms with van der Waals surface area (Å²) in [6, 6.07) is 12.6. The summed E-state index contributed by atoms with van der Waals surface area (Å²) >= 11 is 0. The van der Waals surface area contributed by atoms with Crippen molar-refractivity contribution < 1.29 is 12.8 Å². The van der Waals surface area contributed by atoms with Gasteiger partial charge in [0.25, 0.3) is 10.0 Å². The Labute approximate surface area is 179 Å². The Morgan fingerprint density at radius 2 is 1.83 bits per heavy atom. The molecule has 0 spiro atoms. The molecule has 0 saturated heterocycles. The van der Waals surface area contributed by atoms with Crippen LogP contribution >= 0.6 is 0 Å². The molecule has 1 aromatic heterocycles. The van der Waals surface area contributed by atoms with E-state index >= 15 is 0 Å². The Hall–Kier alpha value is -2.27. The topological polar surface area (TPSA) is 59.3 Å². The molecular formula is C25H31NO3S. The number of hydrogen-bond acceptors (Lipinski definition) is 3. The van der Waals surface area contributed by atoms with Crippen molar-refractivity contribution in [2.45, 2.75) is 64.7 Å². The molecule has 160 valence electrons. The minimum absolute atomic E-state index is 0.277. The van der Waals surface area contributed by atoms with Gasteiger partial charge in [0.15, 0.2) is 0 Å². The van der Waals surface area contributed by atoms with Gasteiger partial charge in [-0.05, 0) is 66.5 Å². The normalized spacial score (nSPS) is 17.1. The Kier molecular flexibility index (Phi) is 5.43. The lowest BCUT2D eigenvalue weighted by Gasteiger charge is -2.36. The summed E-state index contributed by atoms with van der Waals surface area (Å²) in [5.41, 5.74) is 4.05. The number of sulfonamides is 1. The predicted octanol–water partition coefficient (Wildman–Crippen LogP) is 6.34. The zero-order valence-electron chi connectivity index (χ0n) is 18.3. The summed E-state index contributed by atoms with van der Waals surface area (Å²) in [6.07, 6.45) is 5.10. The van der Waals surface area contributed by atoms with Gasteiger partial charge >= 0.3 is 0 Å². The molecule has 4 nitrogen and oxygen atoms in total. The van der Waals surface area contributed by atoms with Gasteiger partial charge in [-0.1, -0.05) is 46.2 Å².